The Kier molecular flexibility index (Phi) is 12.8. The van der Waals surface area contributed by atoms with Crippen LogP contribution < -0.4 is 10.6 Å². The lowest BCUT2D eigenvalue weighted by Crippen LogP contribution is -2.39. The van der Waals surface area contributed by atoms with Gasteiger partial charge in [-0.15, -0.1) is 24.0 Å². The zero-order chi connectivity index (χ0) is 20.2. The maximum Gasteiger partial charge on any atom is 0.191 e. The van der Waals surface area contributed by atoms with Gasteiger partial charge in [-0.05, 0) is 44.6 Å². The van der Waals surface area contributed by atoms with Crippen molar-refractivity contribution in [1.82, 2.24) is 10.6 Å². The predicted octanol–water partition coefficient (Wildman–Crippen LogP) is 4.28. The molecular weight excluding hydrogens is 477 g/mol. The second-order valence-corrected chi connectivity index (χ2v) is 8.36. The Labute approximate surface area is 194 Å². The minimum absolute atomic E-state index is 0. The second-order valence-electron chi connectivity index (χ2n) is 8.36. The number of nitrogens with one attached hydrogen (secondary N) is 2. The van der Waals surface area contributed by atoms with E-state index in [9.17, 15) is 0 Å². The van der Waals surface area contributed by atoms with E-state index in [4.69, 9.17) is 14.5 Å². The monoisotopic (exact) mass is 517 g/mol. The van der Waals surface area contributed by atoms with Gasteiger partial charge in [-0.2, -0.15) is 0 Å². The van der Waals surface area contributed by atoms with Crippen molar-refractivity contribution in [2.45, 2.75) is 52.4 Å². The topological polar surface area (TPSA) is 54.9 Å². The van der Waals surface area contributed by atoms with Crippen LogP contribution in [0.3, 0.4) is 0 Å². The summed E-state index contributed by atoms with van der Waals surface area (Å²) >= 11 is 0. The molecule has 0 amide bonds. The molecule has 1 aliphatic rings. The van der Waals surface area contributed by atoms with E-state index in [0.717, 1.165) is 71.3 Å². The Morgan fingerprint density at radius 2 is 2.00 bits per heavy atom. The van der Waals surface area contributed by atoms with Gasteiger partial charge < -0.3 is 20.1 Å². The highest BCUT2D eigenvalue weighted by Gasteiger charge is 2.20. The third kappa shape index (κ3) is 10.1. The minimum atomic E-state index is 0. The maximum atomic E-state index is 5.84. The number of rotatable bonds is 10. The molecule has 0 bridgehead atoms. The Morgan fingerprint density at radius 1 is 1.24 bits per heavy atom. The van der Waals surface area contributed by atoms with Gasteiger partial charge in [0, 0.05) is 44.9 Å². The molecule has 0 radical (unpaired) electrons. The largest absolute Gasteiger partial charge is 0.381 e. The fourth-order valence-electron chi connectivity index (χ4n) is 3.32. The number of ether oxygens (including phenoxy) is 2. The molecule has 1 heterocycles. The smallest absolute Gasteiger partial charge is 0.191 e. The van der Waals surface area contributed by atoms with Crippen LogP contribution >= 0.6 is 24.0 Å². The van der Waals surface area contributed by atoms with Crippen molar-refractivity contribution in [3.63, 3.8) is 0 Å². The van der Waals surface area contributed by atoms with Crippen LogP contribution in [-0.2, 0) is 14.9 Å². The molecule has 1 saturated heterocycles. The zero-order valence-electron chi connectivity index (χ0n) is 18.6. The average molecular weight is 517 g/mol. The summed E-state index contributed by atoms with van der Waals surface area (Å²) in [7, 11) is 0. The minimum Gasteiger partial charge on any atom is -0.381 e. The first-order chi connectivity index (χ1) is 13.5. The zero-order valence-corrected chi connectivity index (χ0v) is 21.0. The van der Waals surface area contributed by atoms with Crippen molar-refractivity contribution in [3.8, 4) is 0 Å². The molecule has 2 rings (SSSR count). The molecule has 0 unspecified atom stereocenters. The number of nitrogens with zero attached hydrogens (tertiary/aromatic N) is 1. The molecule has 0 spiro atoms. The highest BCUT2D eigenvalue weighted by molar-refractivity contribution is 14.0. The molecule has 1 aromatic rings. The highest BCUT2D eigenvalue weighted by atomic mass is 127. The molecule has 29 heavy (non-hydrogen) atoms. The summed E-state index contributed by atoms with van der Waals surface area (Å²) in [6.45, 7) is 14.6. The average Bonchev–Trinajstić information content (AvgIpc) is 2.69. The summed E-state index contributed by atoms with van der Waals surface area (Å²) < 4.78 is 11.2. The van der Waals surface area contributed by atoms with Crippen LogP contribution in [0.15, 0.2) is 29.3 Å². The maximum absolute atomic E-state index is 5.84. The van der Waals surface area contributed by atoms with Gasteiger partial charge in [-0.25, -0.2) is 0 Å². The van der Waals surface area contributed by atoms with Crippen LogP contribution in [-0.4, -0.2) is 52.0 Å². The summed E-state index contributed by atoms with van der Waals surface area (Å²) in [6, 6.07) is 8.71. The van der Waals surface area contributed by atoms with E-state index >= 15 is 0 Å². The van der Waals surface area contributed by atoms with Crippen LogP contribution in [0.1, 0.15) is 51.2 Å². The van der Waals surface area contributed by atoms with Gasteiger partial charge in [0.1, 0.15) is 0 Å². The molecule has 0 saturated carbocycles. The summed E-state index contributed by atoms with van der Waals surface area (Å²) in [6.07, 6.45) is 3.24. The number of aryl methyl sites for hydroxylation is 1. The first kappa shape index (κ1) is 26.2. The molecule has 1 aromatic carbocycles. The van der Waals surface area contributed by atoms with Crippen LogP contribution in [0.25, 0.3) is 0 Å². The molecular formula is C23H40IN3O2. The Hall–Kier alpha value is -0.860. The van der Waals surface area contributed by atoms with E-state index in [2.05, 4.69) is 62.6 Å². The van der Waals surface area contributed by atoms with Crippen molar-refractivity contribution < 1.29 is 9.47 Å². The number of halogens is 1. The number of guanidine groups is 1. The van der Waals surface area contributed by atoms with Crippen molar-refractivity contribution in [1.29, 1.82) is 0 Å². The molecule has 0 atom stereocenters. The van der Waals surface area contributed by atoms with Crippen LogP contribution in [0.5, 0.6) is 0 Å². The fraction of sp³-hybridized carbons (Fsp3) is 0.696. The fourth-order valence-corrected chi connectivity index (χ4v) is 3.32. The Morgan fingerprint density at radius 3 is 2.69 bits per heavy atom. The van der Waals surface area contributed by atoms with Gasteiger partial charge in [0.15, 0.2) is 5.96 Å². The van der Waals surface area contributed by atoms with Crippen molar-refractivity contribution in [3.05, 3.63) is 35.4 Å². The van der Waals surface area contributed by atoms with Gasteiger partial charge in [-0.1, -0.05) is 43.7 Å². The molecule has 0 aliphatic carbocycles. The second kappa shape index (κ2) is 14.2. The first-order valence-corrected chi connectivity index (χ1v) is 10.8. The molecule has 1 aliphatic heterocycles. The van der Waals surface area contributed by atoms with Crippen LogP contribution in [0.2, 0.25) is 0 Å². The lowest BCUT2D eigenvalue weighted by molar-refractivity contribution is 0.0203. The molecule has 2 N–H and O–H groups in total. The lowest BCUT2D eigenvalue weighted by Gasteiger charge is -2.24. The standard InChI is InChI=1S/C23H39N3O2.HI/c1-5-24-22(25-12-7-13-28-17-20-10-14-27-15-11-20)26-18-23(3,4)21-9-6-8-19(2)16-21;/h6,8-9,16,20H,5,7,10-15,17-18H2,1-4H3,(H2,24,25,26);1H. The predicted molar refractivity (Wildman–Crippen MR) is 133 cm³/mol. The van der Waals surface area contributed by atoms with Gasteiger partial charge in [0.05, 0.1) is 6.54 Å². The summed E-state index contributed by atoms with van der Waals surface area (Å²) in [5, 5.41) is 6.78. The number of hydrogen-bond donors (Lipinski definition) is 2. The summed E-state index contributed by atoms with van der Waals surface area (Å²) in [5.41, 5.74) is 2.62. The van der Waals surface area contributed by atoms with E-state index < -0.39 is 0 Å². The normalized spacial score (nSPS) is 15.7. The summed E-state index contributed by atoms with van der Waals surface area (Å²) in [4.78, 5) is 4.82. The van der Waals surface area contributed by atoms with E-state index in [0.29, 0.717) is 5.92 Å². The van der Waals surface area contributed by atoms with Crippen LogP contribution in [0.4, 0.5) is 0 Å². The van der Waals surface area contributed by atoms with Gasteiger partial charge in [-0.3, -0.25) is 4.99 Å². The highest BCUT2D eigenvalue weighted by Crippen LogP contribution is 2.24. The Balaban J connectivity index is 0.00000420. The van der Waals surface area contributed by atoms with Gasteiger partial charge in [0.25, 0.3) is 0 Å². The van der Waals surface area contributed by atoms with Gasteiger partial charge >= 0.3 is 0 Å². The molecule has 6 heteroatoms. The van der Waals surface area contributed by atoms with Crippen molar-refractivity contribution in [2.24, 2.45) is 10.9 Å². The van der Waals surface area contributed by atoms with E-state index in [1.165, 1.54) is 11.1 Å². The molecule has 1 fully saturated rings. The first-order valence-electron chi connectivity index (χ1n) is 10.8. The van der Waals surface area contributed by atoms with Crippen LogP contribution in [0, 0.1) is 12.8 Å². The molecule has 5 nitrogen and oxygen atoms in total. The van der Waals surface area contributed by atoms with E-state index in [1.807, 2.05) is 0 Å². The lowest BCUT2D eigenvalue weighted by atomic mass is 9.84. The van der Waals surface area contributed by atoms with E-state index in [-0.39, 0.29) is 29.4 Å². The third-order valence-electron chi connectivity index (χ3n) is 5.23. The molecule has 0 aromatic heterocycles. The van der Waals surface area contributed by atoms with Crippen molar-refractivity contribution in [2.75, 3.05) is 46.1 Å². The Bertz CT molecular complexity index is 602. The quantitative estimate of drug-likeness (QED) is 0.211. The summed E-state index contributed by atoms with van der Waals surface area (Å²) in [5.74, 6) is 1.55. The number of aliphatic imine (C=N–C) groups is 1. The number of benzene rings is 1. The SMILES string of the molecule is CCNC(=NCC(C)(C)c1cccc(C)c1)NCCCOCC1CCOCC1.I. The van der Waals surface area contributed by atoms with E-state index in [1.54, 1.807) is 0 Å². The number of hydrogen-bond acceptors (Lipinski definition) is 3. The third-order valence-corrected chi connectivity index (χ3v) is 5.23. The molecule has 166 valence electrons. The van der Waals surface area contributed by atoms with Gasteiger partial charge in [0.2, 0.25) is 0 Å². The van der Waals surface area contributed by atoms with Crippen molar-refractivity contribution >= 4 is 29.9 Å².